The second-order valence-corrected chi connectivity index (χ2v) is 8.92. The number of rotatable bonds is 17. The number of hydrogen-bond acceptors (Lipinski definition) is 4. The first-order chi connectivity index (χ1) is 15.9. The van der Waals surface area contributed by atoms with Crippen LogP contribution in [0.5, 0.6) is 0 Å². The fraction of sp³-hybridized carbons (Fsp3) is 0.407. The van der Waals surface area contributed by atoms with Crippen LogP contribution < -0.4 is 0 Å². The molecule has 1 aromatic rings. The predicted molar refractivity (Wildman–Crippen MR) is 136 cm³/mol. The Morgan fingerprint density at radius 1 is 0.939 bits per heavy atom. The van der Waals surface area contributed by atoms with E-state index in [0.717, 1.165) is 17.7 Å². The third kappa shape index (κ3) is 14.2. The Morgan fingerprint density at radius 3 is 2.33 bits per heavy atom. The normalized spacial score (nSPS) is 14.0. The number of aliphatic carboxylic acids is 1. The Balaban J connectivity index is 2.63. The highest BCUT2D eigenvalue weighted by molar-refractivity contribution is 8.00. The molecule has 1 aromatic carbocycles. The van der Waals surface area contributed by atoms with Crippen LogP contribution in [0.1, 0.15) is 68.6 Å². The molecule has 0 amide bonds. The minimum atomic E-state index is -0.984. The number of benzene rings is 1. The van der Waals surface area contributed by atoms with Crippen molar-refractivity contribution in [3.63, 3.8) is 0 Å². The molecular weight excluding hydrogens is 436 g/mol. The number of unbranched alkanes of at least 4 members (excludes halogenated alkanes) is 3. The van der Waals surface area contributed by atoms with Crippen molar-refractivity contribution < 1.29 is 24.9 Å². The summed E-state index contributed by atoms with van der Waals surface area (Å²) >= 11 is 1.42. The summed E-state index contributed by atoms with van der Waals surface area (Å²) in [5.74, 6) is -1.86. The highest BCUT2D eigenvalue weighted by Crippen LogP contribution is 2.28. The molecule has 6 heteroatoms. The third-order valence-corrected chi connectivity index (χ3v) is 6.11. The number of hydrogen-bond donors (Lipinski definition) is 3. The quantitative estimate of drug-likeness (QED) is 0.102. The molecule has 0 spiro atoms. The number of aliphatic hydroxyl groups excluding tert-OH is 1. The molecular formula is C27H36O5S. The number of aromatic carboxylic acids is 1. The van der Waals surface area contributed by atoms with Crippen molar-refractivity contribution in [2.75, 3.05) is 0 Å². The minimum Gasteiger partial charge on any atom is -0.481 e. The second-order valence-electron chi connectivity index (χ2n) is 7.67. The Labute approximate surface area is 201 Å². The van der Waals surface area contributed by atoms with E-state index >= 15 is 0 Å². The number of allylic oxidation sites excluding steroid dienone is 7. The molecule has 2 atom stereocenters. The number of carbonyl (C=O) groups is 2. The zero-order valence-corrected chi connectivity index (χ0v) is 20.1. The van der Waals surface area contributed by atoms with Crippen molar-refractivity contribution in [1.82, 2.24) is 0 Å². The van der Waals surface area contributed by atoms with Crippen molar-refractivity contribution >= 4 is 23.7 Å². The van der Waals surface area contributed by atoms with E-state index in [1.165, 1.54) is 43.2 Å². The van der Waals surface area contributed by atoms with Crippen LogP contribution in [0.3, 0.4) is 0 Å². The fourth-order valence-electron chi connectivity index (χ4n) is 2.97. The summed E-state index contributed by atoms with van der Waals surface area (Å²) in [4.78, 5) is 22.6. The smallest absolute Gasteiger partial charge is 0.335 e. The van der Waals surface area contributed by atoms with Gasteiger partial charge in [-0.3, -0.25) is 4.79 Å². The maximum absolute atomic E-state index is 11.0. The molecule has 0 aromatic heterocycles. The summed E-state index contributed by atoms with van der Waals surface area (Å²) < 4.78 is 0. The van der Waals surface area contributed by atoms with Gasteiger partial charge in [0.15, 0.2) is 0 Å². The van der Waals surface area contributed by atoms with Crippen LogP contribution in [0.25, 0.3) is 0 Å². The number of thioether (sulfide) groups is 1. The van der Waals surface area contributed by atoms with Gasteiger partial charge < -0.3 is 15.3 Å². The highest BCUT2D eigenvalue weighted by atomic mass is 32.2. The first kappa shape index (κ1) is 28.5. The fourth-order valence-corrected chi connectivity index (χ4v) is 4.04. The average Bonchev–Trinajstić information content (AvgIpc) is 2.79. The summed E-state index contributed by atoms with van der Waals surface area (Å²) in [6.45, 7) is 2.20. The minimum absolute atomic E-state index is 0.0171. The Hall–Kier alpha value is -2.57. The van der Waals surface area contributed by atoms with Gasteiger partial charge >= 0.3 is 11.9 Å². The molecule has 2 unspecified atom stereocenters. The Bertz CT molecular complexity index is 808. The molecule has 33 heavy (non-hydrogen) atoms. The molecule has 0 aliphatic carbocycles. The second kappa shape index (κ2) is 17.9. The van der Waals surface area contributed by atoms with E-state index in [2.05, 4.69) is 25.2 Å². The molecule has 0 radical (unpaired) electrons. The summed E-state index contributed by atoms with van der Waals surface area (Å²) in [5.41, 5.74) is 0.207. The number of carboxylic acids is 2. The molecule has 0 aliphatic heterocycles. The van der Waals surface area contributed by atoms with Gasteiger partial charge in [-0.1, -0.05) is 68.4 Å². The number of carboxylic acid groups (broad SMARTS) is 2. The lowest BCUT2D eigenvalue weighted by Crippen LogP contribution is -2.21. The largest absolute Gasteiger partial charge is 0.481 e. The maximum atomic E-state index is 11.0. The van der Waals surface area contributed by atoms with Gasteiger partial charge in [-0.25, -0.2) is 4.79 Å². The van der Waals surface area contributed by atoms with Gasteiger partial charge in [-0.05, 0) is 56.4 Å². The van der Waals surface area contributed by atoms with Gasteiger partial charge in [-0.15, -0.1) is 11.8 Å². The molecule has 0 aliphatic rings. The van der Waals surface area contributed by atoms with E-state index in [9.17, 15) is 14.7 Å². The van der Waals surface area contributed by atoms with E-state index < -0.39 is 18.0 Å². The molecule has 1 rings (SSSR count). The first-order valence-corrected chi connectivity index (χ1v) is 12.4. The molecule has 0 heterocycles. The molecule has 5 nitrogen and oxygen atoms in total. The van der Waals surface area contributed by atoms with E-state index in [1.807, 2.05) is 30.4 Å². The van der Waals surface area contributed by atoms with Crippen molar-refractivity contribution in [2.45, 2.75) is 74.5 Å². The topological polar surface area (TPSA) is 94.8 Å². The molecule has 0 saturated heterocycles. The lowest BCUT2D eigenvalue weighted by atomic mass is 10.1. The summed E-state index contributed by atoms with van der Waals surface area (Å²) in [6, 6.07) is 6.50. The standard InChI is InChI=1S/C27H36O5S/c1-2-3-4-5-6-7-8-9-10-11-12-13-16-25(24(28)15-14-17-26(29)30)33-23-20-18-22(19-21-23)27(31)32/h6-7,9-13,16,18-21,24-25,28H,2-5,8,14-15,17H2,1H3,(H,29,30)(H,31,32)/b7-6-,10-9-,12-11+,16-13+. The molecule has 180 valence electrons. The van der Waals surface area contributed by atoms with Gasteiger partial charge in [0.2, 0.25) is 0 Å². The summed E-state index contributed by atoms with van der Waals surface area (Å²) in [6.07, 6.45) is 21.9. The van der Waals surface area contributed by atoms with Crippen LogP contribution in [0.2, 0.25) is 0 Å². The van der Waals surface area contributed by atoms with E-state index in [4.69, 9.17) is 10.2 Å². The zero-order chi connectivity index (χ0) is 24.3. The van der Waals surface area contributed by atoms with Gasteiger partial charge in [0.1, 0.15) is 0 Å². The van der Waals surface area contributed by atoms with Crippen molar-refractivity contribution in [2.24, 2.45) is 0 Å². The van der Waals surface area contributed by atoms with Crippen LogP contribution in [0.15, 0.2) is 77.8 Å². The summed E-state index contributed by atoms with van der Waals surface area (Å²) in [7, 11) is 0. The van der Waals surface area contributed by atoms with Crippen LogP contribution in [-0.4, -0.2) is 38.6 Å². The predicted octanol–water partition coefficient (Wildman–Crippen LogP) is 6.66. The maximum Gasteiger partial charge on any atom is 0.335 e. The van der Waals surface area contributed by atoms with Crippen molar-refractivity contribution in [3.8, 4) is 0 Å². The zero-order valence-electron chi connectivity index (χ0n) is 19.3. The van der Waals surface area contributed by atoms with Gasteiger partial charge in [0, 0.05) is 11.3 Å². The first-order valence-electron chi connectivity index (χ1n) is 11.5. The van der Waals surface area contributed by atoms with Crippen molar-refractivity contribution in [1.29, 1.82) is 0 Å². The molecule has 0 bridgehead atoms. The SMILES string of the molecule is CCCCC/C=C\C\C=C/C=C/C=C/C(Sc1ccc(C(=O)O)cc1)C(O)CCCC(=O)O. The van der Waals surface area contributed by atoms with E-state index in [0.29, 0.717) is 12.8 Å². The summed E-state index contributed by atoms with van der Waals surface area (Å²) in [5, 5.41) is 28.2. The Morgan fingerprint density at radius 2 is 1.67 bits per heavy atom. The monoisotopic (exact) mass is 472 g/mol. The van der Waals surface area contributed by atoms with E-state index in [-0.39, 0.29) is 17.2 Å². The average molecular weight is 473 g/mol. The lowest BCUT2D eigenvalue weighted by molar-refractivity contribution is -0.137. The number of aliphatic hydroxyl groups is 1. The molecule has 3 N–H and O–H groups in total. The van der Waals surface area contributed by atoms with E-state index in [1.54, 1.807) is 12.1 Å². The van der Waals surface area contributed by atoms with Crippen LogP contribution in [0.4, 0.5) is 0 Å². The highest BCUT2D eigenvalue weighted by Gasteiger charge is 2.18. The van der Waals surface area contributed by atoms with Crippen LogP contribution >= 0.6 is 11.8 Å². The van der Waals surface area contributed by atoms with Gasteiger partial charge in [-0.2, -0.15) is 0 Å². The van der Waals surface area contributed by atoms with Gasteiger partial charge in [0.05, 0.1) is 16.9 Å². The lowest BCUT2D eigenvalue weighted by Gasteiger charge is -2.19. The molecule has 0 saturated carbocycles. The third-order valence-electron chi connectivity index (χ3n) is 4.83. The van der Waals surface area contributed by atoms with Gasteiger partial charge in [0.25, 0.3) is 0 Å². The molecule has 0 fully saturated rings. The van der Waals surface area contributed by atoms with Crippen molar-refractivity contribution in [3.05, 3.63) is 78.4 Å². The van der Waals surface area contributed by atoms with Crippen LogP contribution in [-0.2, 0) is 4.79 Å². The Kier molecular flexibility index (Phi) is 15.5. The van der Waals surface area contributed by atoms with Crippen LogP contribution in [0, 0.1) is 0 Å².